The number of carbonyl (C=O) groups excluding carboxylic acids is 2. The normalized spacial score (nSPS) is 11.7. The Bertz CT molecular complexity index is 2100. The van der Waals surface area contributed by atoms with Gasteiger partial charge in [0.25, 0.3) is 5.91 Å². The third-order valence-corrected chi connectivity index (χ3v) is 9.57. The Morgan fingerprint density at radius 3 is 1.82 bits per heavy atom. The highest BCUT2D eigenvalue weighted by atomic mass is 79.9. The van der Waals surface area contributed by atoms with Crippen molar-refractivity contribution >= 4 is 67.1 Å². The zero-order chi connectivity index (χ0) is 35.3. The van der Waals surface area contributed by atoms with Gasteiger partial charge in [-0.15, -0.1) is 11.3 Å². The summed E-state index contributed by atoms with van der Waals surface area (Å²) in [5, 5.41) is 3.23. The largest absolute Gasteiger partial charge is 0.364 e. The van der Waals surface area contributed by atoms with Gasteiger partial charge in [-0.25, -0.2) is 24.9 Å². The predicted octanol–water partition coefficient (Wildman–Crippen LogP) is 7.14. The number of rotatable bonds is 10. The lowest BCUT2D eigenvalue weighted by Crippen LogP contribution is -2.24. The van der Waals surface area contributed by atoms with Crippen LogP contribution in [0, 0.1) is 0 Å². The molecule has 0 saturated carbocycles. The lowest BCUT2D eigenvalue weighted by atomic mass is 9.84. The molecule has 49 heavy (non-hydrogen) atoms. The van der Waals surface area contributed by atoms with Crippen LogP contribution in [-0.2, 0) is 23.7 Å². The van der Waals surface area contributed by atoms with E-state index in [1.165, 1.54) is 11.3 Å². The summed E-state index contributed by atoms with van der Waals surface area (Å²) >= 11 is 17.0. The molecule has 0 aliphatic carbocycles. The summed E-state index contributed by atoms with van der Waals surface area (Å²) in [4.78, 5) is 54.5. The van der Waals surface area contributed by atoms with Crippen LogP contribution in [0.4, 0.5) is 0 Å². The fraction of sp³-hybridized carbons (Fsp3) is 0.265. The standard InChI is InChI=1S/C19H17ClN6OS.C15H15BrClN3O/c1-19(2,16-12(20)4-3-5-22-16)6-15-23-7-11(8-24-15)13-9-26-14(17(21)27)10-28-18(26)25-13;1-15(2,14-11(17)4-3-5-18-14)6-13-19-8-10(9-20-13)12(21)7-16/h3-5,7-10H,6H2,1-2H3,(H2,21,27);3-5,8-9H,6-7H2,1-2H3. The number of carbonyl (C=O) groups is 2. The number of alkyl halides is 1. The number of nitrogens with two attached hydrogens (primary N) is 1. The average Bonchev–Trinajstić information content (AvgIpc) is 3.67. The van der Waals surface area contributed by atoms with Gasteiger partial charge in [-0.05, 0) is 24.3 Å². The summed E-state index contributed by atoms with van der Waals surface area (Å²) in [6, 6.07) is 7.27. The molecular formula is C34H32BrCl2N9O2S. The minimum absolute atomic E-state index is 0.0337. The van der Waals surface area contributed by atoms with E-state index >= 15 is 0 Å². The molecule has 0 aliphatic heterocycles. The van der Waals surface area contributed by atoms with Crippen LogP contribution in [0.2, 0.25) is 10.0 Å². The molecule has 6 rings (SSSR count). The molecule has 252 valence electrons. The molecular weight excluding hydrogens is 749 g/mol. The first-order valence-electron chi connectivity index (χ1n) is 15.0. The lowest BCUT2D eigenvalue weighted by Gasteiger charge is -2.24. The second kappa shape index (κ2) is 15.2. The smallest absolute Gasteiger partial charge is 0.266 e. The number of Topliss-reactive ketones (excluding diaryl/α,β-unsaturated/α-hetero) is 1. The number of fused-ring (bicyclic) bond motifs is 1. The topological polar surface area (TPSA) is 155 Å². The lowest BCUT2D eigenvalue weighted by molar-refractivity contribution is 0.0992. The van der Waals surface area contributed by atoms with Crippen LogP contribution in [0.15, 0.2) is 73.0 Å². The summed E-state index contributed by atoms with van der Waals surface area (Å²) in [6.07, 6.45) is 13.0. The number of ketones is 1. The van der Waals surface area contributed by atoms with Crippen molar-refractivity contribution in [3.8, 4) is 11.3 Å². The Hall–Kier alpha value is -4.17. The molecule has 0 radical (unpaired) electrons. The number of pyridine rings is 2. The fourth-order valence-electron chi connectivity index (χ4n) is 5.07. The summed E-state index contributed by atoms with van der Waals surface area (Å²) in [5.41, 5.74) is 8.78. The minimum atomic E-state index is -0.489. The van der Waals surface area contributed by atoms with Crippen molar-refractivity contribution in [3.63, 3.8) is 0 Å². The first-order chi connectivity index (χ1) is 23.3. The monoisotopic (exact) mass is 779 g/mol. The average molecular weight is 782 g/mol. The van der Waals surface area contributed by atoms with Gasteiger partial charge in [0.1, 0.15) is 17.3 Å². The van der Waals surface area contributed by atoms with Gasteiger partial charge in [-0.3, -0.25) is 24.0 Å². The van der Waals surface area contributed by atoms with Crippen LogP contribution >= 0.6 is 50.5 Å². The minimum Gasteiger partial charge on any atom is -0.364 e. The van der Waals surface area contributed by atoms with Gasteiger partial charge >= 0.3 is 0 Å². The molecule has 15 heteroatoms. The van der Waals surface area contributed by atoms with Gasteiger partial charge in [0.15, 0.2) is 10.7 Å². The second-order valence-corrected chi connectivity index (χ2v) is 14.6. The number of thiazole rings is 1. The van der Waals surface area contributed by atoms with Gasteiger partial charge in [0.05, 0.1) is 38.0 Å². The van der Waals surface area contributed by atoms with E-state index < -0.39 is 5.91 Å². The summed E-state index contributed by atoms with van der Waals surface area (Å²) in [6.45, 7) is 8.21. The fourth-order valence-corrected chi connectivity index (χ4v) is 7.01. The summed E-state index contributed by atoms with van der Waals surface area (Å²) < 4.78 is 1.68. The Balaban J connectivity index is 0.000000200. The Labute approximate surface area is 305 Å². The van der Waals surface area contributed by atoms with Crippen LogP contribution < -0.4 is 5.73 Å². The Morgan fingerprint density at radius 2 is 1.35 bits per heavy atom. The first kappa shape index (κ1) is 36.1. The molecule has 0 atom stereocenters. The third kappa shape index (κ3) is 8.53. The molecule has 2 N–H and O–H groups in total. The number of nitrogens with zero attached hydrogens (tertiary/aromatic N) is 8. The van der Waals surface area contributed by atoms with Gasteiger partial charge < -0.3 is 5.73 Å². The van der Waals surface area contributed by atoms with Crippen LogP contribution in [0.3, 0.4) is 0 Å². The first-order valence-corrected chi connectivity index (χ1v) is 17.7. The number of hydrogen-bond acceptors (Lipinski definition) is 10. The van der Waals surface area contributed by atoms with Crippen molar-refractivity contribution in [2.75, 3.05) is 5.33 Å². The van der Waals surface area contributed by atoms with Crippen molar-refractivity contribution in [3.05, 3.63) is 117 Å². The molecule has 11 nitrogen and oxygen atoms in total. The quantitative estimate of drug-likeness (QED) is 0.113. The number of aromatic nitrogens is 8. The Morgan fingerprint density at radius 1 is 0.837 bits per heavy atom. The predicted molar refractivity (Wildman–Crippen MR) is 195 cm³/mol. The van der Waals surface area contributed by atoms with Gasteiger partial charge in [0, 0.05) is 78.0 Å². The highest BCUT2D eigenvalue weighted by molar-refractivity contribution is 9.09. The molecule has 6 aromatic rings. The Kier molecular flexibility index (Phi) is 11.2. The summed E-state index contributed by atoms with van der Waals surface area (Å²) in [7, 11) is 0. The highest BCUT2D eigenvalue weighted by Gasteiger charge is 2.28. The van der Waals surface area contributed by atoms with Gasteiger partial charge in [-0.1, -0.05) is 66.8 Å². The second-order valence-electron chi connectivity index (χ2n) is 12.4. The zero-order valence-corrected chi connectivity index (χ0v) is 31.0. The molecule has 0 unspecified atom stereocenters. The number of primary amides is 1. The van der Waals surface area contributed by atoms with Crippen molar-refractivity contribution < 1.29 is 9.59 Å². The van der Waals surface area contributed by atoms with Crippen LogP contribution in [0.1, 0.15) is 71.6 Å². The zero-order valence-electron chi connectivity index (χ0n) is 27.1. The van der Waals surface area contributed by atoms with E-state index in [-0.39, 0.29) is 21.9 Å². The summed E-state index contributed by atoms with van der Waals surface area (Å²) in [5.74, 6) is 0.827. The molecule has 0 saturated heterocycles. The molecule has 0 aromatic carbocycles. The SMILES string of the molecule is CC(C)(Cc1ncc(-c2cn3c(C(N)=O)csc3n2)cn1)c1ncccc1Cl.CC(C)(Cc1ncc(C(=O)CBr)cn1)c1ncccc1Cl. The van der Waals surface area contributed by atoms with Crippen molar-refractivity contribution in [1.29, 1.82) is 0 Å². The third-order valence-electron chi connectivity index (χ3n) is 7.61. The van der Waals surface area contributed by atoms with Crippen molar-refractivity contribution in [2.45, 2.75) is 51.4 Å². The van der Waals surface area contributed by atoms with E-state index in [2.05, 4.69) is 64.7 Å². The van der Waals surface area contributed by atoms with Crippen molar-refractivity contribution in [1.82, 2.24) is 39.3 Å². The maximum Gasteiger partial charge on any atom is 0.266 e. The van der Waals surface area contributed by atoms with Crippen LogP contribution in [-0.4, -0.2) is 56.3 Å². The van der Waals surface area contributed by atoms with E-state index in [0.29, 0.717) is 56.4 Å². The number of imidazole rings is 1. The molecule has 0 spiro atoms. The molecule has 0 bridgehead atoms. The molecule has 0 aliphatic rings. The van der Waals surface area contributed by atoms with Gasteiger partial charge in [-0.2, -0.15) is 0 Å². The van der Waals surface area contributed by atoms with Crippen LogP contribution in [0.25, 0.3) is 16.2 Å². The molecule has 1 amide bonds. The van der Waals surface area contributed by atoms with E-state index in [9.17, 15) is 9.59 Å². The molecule has 6 aromatic heterocycles. The van der Waals surface area contributed by atoms with E-state index in [1.807, 2.05) is 32.0 Å². The van der Waals surface area contributed by atoms with E-state index in [0.717, 1.165) is 17.0 Å². The molecule has 6 heterocycles. The van der Waals surface area contributed by atoms with E-state index in [1.54, 1.807) is 59.2 Å². The number of hydrogen-bond donors (Lipinski definition) is 1. The maximum atomic E-state index is 11.5. The number of halogens is 3. The highest BCUT2D eigenvalue weighted by Crippen LogP contribution is 2.32. The van der Waals surface area contributed by atoms with Gasteiger partial charge in [0.2, 0.25) is 0 Å². The maximum absolute atomic E-state index is 11.5. The number of amides is 1. The van der Waals surface area contributed by atoms with Crippen molar-refractivity contribution in [2.24, 2.45) is 5.73 Å². The van der Waals surface area contributed by atoms with E-state index in [4.69, 9.17) is 28.9 Å². The van der Waals surface area contributed by atoms with Crippen LogP contribution in [0.5, 0.6) is 0 Å². The molecule has 0 fully saturated rings.